The zero-order valence-electron chi connectivity index (χ0n) is 19.5. The number of aromatic nitrogens is 4. The van der Waals surface area contributed by atoms with Crippen LogP contribution < -0.4 is 10.2 Å². The van der Waals surface area contributed by atoms with Gasteiger partial charge in [0.2, 0.25) is 5.91 Å². The summed E-state index contributed by atoms with van der Waals surface area (Å²) in [5.41, 5.74) is 6.14. The second-order valence-electron chi connectivity index (χ2n) is 8.73. The Morgan fingerprint density at radius 1 is 0.969 bits per heavy atom. The summed E-state index contributed by atoms with van der Waals surface area (Å²) in [6, 6.07) is 10.1. The number of aryl methyl sites for hydroxylation is 3. The number of nitrogens with zero attached hydrogens (tertiary/aromatic N) is 5. The van der Waals surface area contributed by atoms with Gasteiger partial charge < -0.3 is 10.2 Å². The van der Waals surface area contributed by atoms with Crippen molar-refractivity contribution in [2.75, 3.05) is 23.3 Å². The number of piperidine rings is 1. The van der Waals surface area contributed by atoms with E-state index in [0.29, 0.717) is 18.7 Å². The van der Waals surface area contributed by atoms with Crippen LogP contribution in [-0.2, 0) is 11.2 Å². The average Bonchev–Trinajstić information content (AvgIpc) is 3.08. The Morgan fingerprint density at radius 2 is 1.69 bits per heavy atom. The van der Waals surface area contributed by atoms with E-state index in [2.05, 4.69) is 31.6 Å². The van der Waals surface area contributed by atoms with E-state index in [1.54, 1.807) is 0 Å². The fraction of sp³-hybridized carbons (Fsp3) is 0.440. The van der Waals surface area contributed by atoms with Crippen molar-refractivity contribution < 1.29 is 4.79 Å². The van der Waals surface area contributed by atoms with Crippen molar-refractivity contribution in [1.82, 2.24) is 20.0 Å². The number of carbonyl (C=O) groups excluding carboxylic acids is 1. The van der Waals surface area contributed by atoms with E-state index in [-0.39, 0.29) is 5.91 Å². The van der Waals surface area contributed by atoms with Gasteiger partial charge in [-0.25, -0.2) is 4.68 Å². The highest BCUT2D eigenvalue weighted by atomic mass is 16.1. The first-order chi connectivity index (χ1) is 15.4. The monoisotopic (exact) mass is 432 g/mol. The van der Waals surface area contributed by atoms with Crippen LogP contribution in [0.15, 0.2) is 30.3 Å². The molecular formula is C25H32N6O. The molecule has 0 spiro atoms. The van der Waals surface area contributed by atoms with E-state index in [4.69, 9.17) is 0 Å². The van der Waals surface area contributed by atoms with Crippen molar-refractivity contribution in [3.8, 4) is 5.82 Å². The van der Waals surface area contributed by atoms with Crippen molar-refractivity contribution in [3.63, 3.8) is 0 Å². The maximum absolute atomic E-state index is 12.5. The van der Waals surface area contributed by atoms with Gasteiger partial charge in [0.05, 0.1) is 5.69 Å². The minimum Gasteiger partial charge on any atom is -0.355 e. The Bertz CT molecular complexity index is 1100. The van der Waals surface area contributed by atoms with Gasteiger partial charge in [-0.05, 0) is 82.7 Å². The summed E-state index contributed by atoms with van der Waals surface area (Å²) in [7, 11) is 0. The Balaban J connectivity index is 1.43. The summed E-state index contributed by atoms with van der Waals surface area (Å²) in [5, 5.41) is 16.6. The van der Waals surface area contributed by atoms with Crippen LogP contribution in [0, 0.1) is 27.7 Å². The molecule has 0 bridgehead atoms. The number of amides is 1. The van der Waals surface area contributed by atoms with Gasteiger partial charge in [0.1, 0.15) is 0 Å². The number of rotatable bonds is 6. The molecule has 3 heterocycles. The second-order valence-corrected chi connectivity index (χ2v) is 8.73. The maximum Gasteiger partial charge on any atom is 0.224 e. The lowest BCUT2D eigenvalue weighted by molar-refractivity contribution is -0.116. The summed E-state index contributed by atoms with van der Waals surface area (Å²) in [5.74, 6) is 1.64. The van der Waals surface area contributed by atoms with E-state index in [9.17, 15) is 4.79 Å². The summed E-state index contributed by atoms with van der Waals surface area (Å²) in [6.45, 7) is 10.2. The normalized spacial score (nSPS) is 13.9. The van der Waals surface area contributed by atoms with Gasteiger partial charge in [0, 0.05) is 30.9 Å². The standard InChI is InChI=1S/C25H32N6O/c1-17-8-10-22(18(2)16-17)26-25(32)13-9-21-19(3)29-31(20(21)4)24-12-11-23(27-28-24)30-14-6-5-7-15-30/h8,10-12,16H,5-7,9,13-15H2,1-4H3,(H,26,32). The Hall–Kier alpha value is -3.22. The number of anilines is 2. The van der Waals surface area contributed by atoms with E-state index in [0.717, 1.165) is 47.1 Å². The quantitative estimate of drug-likeness (QED) is 0.622. The molecule has 7 heteroatoms. The van der Waals surface area contributed by atoms with Crippen LogP contribution in [0.25, 0.3) is 5.82 Å². The Morgan fingerprint density at radius 3 is 2.38 bits per heavy atom. The van der Waals surface area contributed by atoms with Gasteiger partial charge in [-0.2, -0.15) is 5.10 Å². The van der Waals surface area contributed by atoms with Crippen LogP contribution in [0.1, 0.15) is 53.8 Å². The summed E-state index contributed by atoms with van der Waals surface area (Å²) >= 11 is 0. The highest BCUT2D eigenvalue weighted by molar-refractivity contribution is 5.91. The van der Waals surface area contributed by atoms with Crippen molar-refractivity contribution in [1.29, 1.82) is 0 Å². The van der Waals surface area contributed by atoms with Crippen LogP contribution in [0.5, 0.6) is 0 Å². The topological polar surface area (TPSA) is 75.9 Å². The van der Waals surface area contributed by atoms with Gasteiger partial charge in [-0.15, -0.1) is 10.2 Å². The van der Waals surface area contributed by atoms with E-state index in [1.165, 1.54) is 24.8 Å². The SMILES string of the molecule is Cc1ccc(NC(=O)CCc2c(C)nn(-c3ccc(N4CCCCC4)nn3)c2C)c(C)c1. The zero-order chi connectivity index (χ0) is 22.7. The van der Waals surface area contributed by atoms with Gasteiger partial charge in [0.15, 0.2) is 11.6 Å². The lowest BCUT2D eigenvalue weighted by Gasteiger charge is -2.27. The molecule has 1 amide bonds. The third-order valence-corrected chi connectivity index (χ3v) is 6.23. The number of carbonyl (C=O) groups is 1. The largest absolute Gasteiger partial charge is 0.355 e. The highest BCUT2D eigenvalue weighted by Gasteiger charge is 2.17. The van der Waals surface area contributed by atoms with Crippen LogP contribution in [-0.4, -0.2) is 39.0 Å². The fourth-order valence-corrected chi connectivity index (χ4v) is 4.39. The fourth-order valence-electron chi connectivity index (χ4n) is 4.39. The van der Waals surface area contributed by atoms with Gasteiger partial charge >= 0.3 is 0 Å². The predicted molar refractivity (Wildman–Crippen MR) is 128 cm³/mol. The van der Waals surface area contributed by atoms with Crippen molar-refractivity contribution in [2.24, 2.45) is 0 Å². The second kappa shape index (κ2) is 9.51. The first-order valence-electron chi connectivity index (χ1n) is 11.4. The molecule has 0 saturated carbocycles. The molecule has 0 unspecified atom stereocenters. The third kappa shape index (κ3) is 4.82. The minimum atomic E-state index is 0.00850. The smallest absolute Gasteiger partial charge is 0.224 e. The summed E-state index contributed by atoms with van der Waals surface area (Å²) < 4.78 is 1.83. The molecule has 1 aliphatic heterocycles. The summed E-state index contributed by atoms with van der Waals surface area (Å²) in [4.78, 5) is 14.8. The molecule has 0 aliphatic carbocycles. The number of benzene rings is 1. The molecule has 3 aromatic rings. The van der Waals surface area contributed by atoms with Crippen molar-refractivity contribution in [3.05, 3.63) is 58.4 Å². The average molecular weight is 433 g/mol. The first-order valence-corrected chi connectivity index (χ1v) is 11.4. The molecule has 2 aromatic heterocycles. The molecule has 32 heavy (non-hydrogen) atoms. The number of hydrogen-bond donors (Lipinski definition) is 1. The van der Waals surface area contributed by atoms with Crippen LogP contribution in [0.2, 0.25) is 0 Å². The van der Waals surface area contributed by atoms with Crippen LogP contribution >= 0.6 is 0 Å². The van der Waals surface area contributed by atoms with Gasteiger partial charge in [0.25, 0.3) is 0 Å². The lowest BCUT2D eigenvalue weighted by atomic mass is 10.1. The Kier molecular flexibility index (Phi) is 6.53. The van der Waals surface area contributed by atoms with Gasteiger partial charge in [-0.1, -0.05) is 17.7 Å². The molecule has 1 saturated heterocycles. The molecule has 1 aliphatic rings. The summed E-state index contributed by atoms with van der Waals surface area (Å²) in [6.07, 6.45) is 4.75. The zero-order valence-corrected chi connectivity index (χ0v) is 19.5. The number of nitrogens with one attached hydrogen (secondary N) is 1. The van der Waals surface area contributed by atoms with E-state index < -0.39 is 0 Å². The highest BCUT2D eigenvalue weighted by Crippen LogP contribution is 2.22. The number of hydrogen-bond acceptors (Lipinski definition) is 5. The van der Waals surface area contributed by atoms with Crippen LogP contribution in [0.3, 0.4) is 0 Å². The molecule has 0 atom stereocenters. The van der Waals surface area contributed by atoms with Crippen molar-refractivity contribution >= 4 is 17.4 Å². The molecule has 4 rings (SSSR count). The lowest BCUT2D eigenvalue weighted by Crippen LogP contribution is -2.30. The van der Waals surface area contributed by atoms with E-state index >= 15 is 0 Å². The van der Waals surface area contributed by atoms with Gasteiger partial charge in [-0.3, -0.25) is 4.79 Å². The van der Waals surface area contributed by atoms with Crippen LogP contribution in [0.4, 0.5) is 11.5 Å². The van der Waals surface area contributed by atoms with Crippen molar-refractivity contribution in [2.45, 2.75) is 59.8 Å². The first kappa shape index (κ1) is 22.0. The third-order valence-electron chi connectivity index (χ3n) is 6.23. The molecule has 1 N–H and O–H groups in total. The minimum absolute atomic E-state index is 0.00850. The molecule has 7 nitrogen and oxygen atoms in total. The molecule has 168 valence electrons. The molecular weight excluding hydrogens is 400 g/mol. The Labute approximate surface area is 189 Å². The van der Waals surface area contributed by atoms with E-state index in [1.807, 2.05) is 56.6 Å². The molecule has 1 aromatic carbocycles. The molecule has 1 fully saturated rings. The maximum atomic E-state index is 12.5. The predicted octanol–water partition coefficient (Wildman–Crippen LogP) is 4.46. The molecule has 0 radical (unpaired) electrons.